The molecule has 1 heteroatoms. The van der Waals surface area contributed by atoms with Gasteiger partial charge in [0.2, 0.25) is 0 Å². The predicted molar refractivity (Wildman–Crippen MR) is 91.7 cm³/mol. The fraction of sp³-hybridized carbons (Fsp3) is 0.455. The molecular weight excluding hydrogens is 280 g/mol. The van der Waals surface area contributed by atoms with Crippen LogP contribution in [0.4, 0.5) is 0 Å². The molecule has 0 N–H and O–H groups in total. The lowest BCUT2D eigenvalue weighted by atomic mass is 9.56. The van der Waals surface area contributed by atoms with Crippen molar-refractivity contribution in [3.05, 3.63) is 47.5 Å². The van der Waals surface area contributed by atoms with Crippen LogP contribution in [0.1, 0.15) is 55.1 Å². The Balaban J connectivity index is 1.56. The van der Waals surface area contributed by atoms with Crippen LogP contribution >= 0.6 is 0 Å². The highest BCUT2D eigenvalue weighted by molar-refractivity contribution is 6.05. The van der Waals surface area contributed by atoms with Gasteiger partial charge in [0.15, 0.2) is 0 Å². The molecule has 3 fully saturated rings. The van der Waals surface area contributed by atoms with Gasteiger partial charge in [-0.1, -0.05) is 18.2 Å². The molecule has 0 radical (unpaired) electrons. The van der Waals surface area contributed by atoms with E-state index in [9.17, 15) is 0 Å². The molecule has 114 valence electrons. The third-order valence-electron chi connectivity index (χ3n) is 8.05. The van der Waals surface area contributed by atoms with Gasteiger partial charge in [-0.15, -0.1) is 0 Å². The first-order valence-corrected chi connectivity index (χ1v) is 9.27. The SMILES string of the molecule is c1ccc2c(c1)oc1cc3c(cc12)C1CC2CC4CC3CC42C1. The summed E-state index contributed by atoms with van der Waals surface area (Å²) >= 11 is 0. The van der Waals surface area contributed by atoms with Gasteiger partial charge in [-0.3, -0.25) is 0 Å². The highest BCUT2D eigenvalue weighted by atomic mass is 16.3. The summed E-state index contributed by atoms with van der Waals surface area (Å²) < 4.78 is 6.18. The van der Waals surface area contributed by atoms with Crippen molar-refractivity contribution >= 4 is 21.9 Å². The van der Waals surface area contributed by atoms with Crippen molar-refractivity contribution in [1.82, 2.24) is 0 Å². The van der Waals surface area contributed by atoms with Crippen molar-refractivity contribution < 1.29 is 4.42 Å². The number of para-hydroxylation sites is 1. The lowest BCUT2D eigenvalue weighted by Crippen LogP contribution is -2.41. The molecule has 2 aromatic carbocycles. The van der Waals surface area contributed by atoms with Crippen LogP contribution in [-0.4, -0.2) is 0 Å². The van der Waals surface area contributed by atoms with E-state index in [0.29, 0.717) is 0 Å². The zero-order valence-corrected chi connectivity index (χ0v) is 13.2. The summed E-state index contributed by atoms with van der Waals surface area (Å²) in [6.07, 6.45) is 7.38. The van der Waals surface area contributed by atoms with Crippen LogP contribution in [-0.2, 0) is 0 Å². The summed E-state index contributed by atoms with van der Waals surface area (Å²) in [5.41, 5.74) is 6.22. The van der Waals surface area contributed by atoms with Crippen LogP contribution in [0.25, 0.3) is 21.9 Å². The minimum Gasteiger partial charge on any atom is -0.456 e. The Kier molecular flexibility index (Phi) is 1.79. The minimum absolute atomic E-state index is 0.748. The second kappa shape index (κ2) is 3.50. The normalized spacial score (nSPS) is 39.5. The Bertz CT molecular complexity index is 996. The number of hydrogen-bond donors (Lipinski definition) is 0. The molecule has 3 aromatic rings. The highest BCUT2D eigenvalue weighted by Crippen LogP contribution is 2.76. The van der Waals surface area contributed by atoms with E-state index in [1.807, 2.05) is 0 Å². The van der Waals surface area contributed by atoms with Crippen molar-refractivity contribution in [2.75, 3.05) is 0 Å². The van der Waals surface area contributed by atoms with Crippen LogP contribution in [0.15, 0.2) is 40.8 Å². The van der Waals surface area contributed by atoms with Gasteiger partial charge in [0.1, 0.15) is 11.2 Å². The van der Waals surface area contributed by atoms with Gasteiger partial charge in [-0.05, 0) is 90.5 Å². The quantitative estimate of drug-likeness (QED) is 0.498. The fourth-order valence-corrected chi connectivity index (χ4v) is 7.15. The van der Waals surface area contributed by atoms with Crippen LogP contribution in [0.2, 0.25) is 0 Å². The van der Waals surface area contributed by atoms with E-state index in [1.54, 1.807) is 11.1 Å². The van der Waals surface area contributed by atoms with E-state index in [2.05, 4.69) is 36.4 Å². The van der Waals surface area contributed by atoms with Crippen molar-refractivity contribution in [1.29, 1.82) is 0 Å². The molecule has 1 heterocycles. The van der Waals surface area contributed by atoms with Gasteiger partial charge >= 0.3 is 0 Å². The molecule has 7 rings (SSSR count). The molecule has 0 aliphatic heterocycles. The Labute approximate surface area is 135 Å². The maximum absolute atomic E-state index is 6.18. The van der Waals surface area contributed by atoms with Gasteiger partial charge < -0.3 is 4.42 Å². The molecule has 4 aliphatic carbocycles. The maximum Gasteiger partial charge on any atom is 0.135 e. The molecule has 1 spiro atoms. The summed E-state index contributed by atoms with van der Waals surface area (Å²) in [4.78, 5) is 0. The standard InChI is InChI=1S/C22H20O/c1-2-4-20-16(3-1)19-8-17-12-5-14-7-15-6-13(11-22(14,15)10-12)18(17)9-21(19)23-20/h1-4,8-9,12-15H,5-7,10-11H2. The molecule has 0 amide bonds. The smallest absolute Gasteiger partial charge is 0.135 e. The molecule has 23 heavy (non-hydrogen) atoms. The van der Waals surface area contributed by atoms with Crippen LogP contribution in [0.3, 0.4) is 0 Å². The number of rotatable bonds is 0. The first-order chi connectivity index (χ1) is 11.3. The topological polar surface area (TPSA) is 13.1 Å². The summed E-state index contributed by atoms with van der Waals surface area (Å²) in [6, 6.07) is 13.5. The van der Waals surface area contributed by atoms with Crippen molar-refractivity contribution in [2.24, 2.45) is 17.3 Å². The van der Waals surface area contributed by atoms with Crippen LogP contribution in [0.5, 0.6) is 0 Å². The highest BCUT2D eigenvalue weighted by Gasteiger charge is 2.65. The molecular formula is C22H20O. The molecule has 3 saturated carbocycles. The van der Waals surface area contributed by atoms with Gasteiger partial charge in [-0.25, -0.2) is 0 Å². The van der Waals surface area contributed by atoms with Crippen molar-refractivity contribution in [3.8, 4) is 0 Å². The summed E-state index contributed by atoms with van der Waals surface area (Å²) in [5.74, 6) is 3.72. The minimum atomic E-state index is 0.748. The largest absolute Gasteiger partial charge is 0.456 e. The molecule has 3 bridgehead atoms. The average Bonchev–Trinajstić information content (AvgIpc) is 3.15. The van der Waals surface area contributed by atoms with E-state index in [4.69, 9.17) is 4.42 Å². The van der Waals surface area contributed by atoms with Gasteiger partial charge in [0.05, 0.1) is 0 Å². The molecule has 5 unspecified atom stereocenters. The fourth-order valence-electron chi connectivity index (χ4n) is 7.15. The van der Waals surface area contributed by atoms with Gasteiger partial charge in [0, 0.05) is 10.8 Å². The molecule has 1 nitrogen and oxygen atoms in total. The first kappa shape index (κ1) is 11.7. The van der Waals surface area contributed by atoms with E-state index in [-0.39, 0.29) is 0 Å². The zero-order chi connectivity index (χ0) is 14.8. The Hall–Kier alpha value is -1.76. The monoisotopic (exact) mass is 300 g/mol. The lowest BCUT2D eigenvalue weighted by molar-refractivity contribution is 0.00322. The number of hydrogen-bond acceptors (Lipinski definition) is 1. The predicted octanol–water partition coefficient (Wildman–Crippen LogP) is 5.98. The van der Waals surface area contributed by atoms with E-state index in [1.165, 1.54) is 42.9 Å². The lowest BCUT2D eigenvalue weighted by Gasteiger charge is -2.48. The second-order valence-electron chi connectivity index (χ2n) is 8.71. The maximum atomic E-state index is 6.18. The Morgan fingerprint density at radius 2 is 1.52 bits per heavy atom. The molecule has 0 saturated heterocycles. The van der Waals surface area contributed by atoms with E-state index in [0.717, 1.165) is 40.3 Å². The number of benzene rings is 2. The molecule has 4 aliphatic rings. The van der Waals surface area contributed by atoms with Crippen LogP contribution < -0.4 is 0 Å². The molecule has 1 aromatic heterocycles. The third-order valence-corrected chi connectivity index (χ3v) is 8.05. The summed E-state index contributed by atoms with van der Waals surface area (Å²) in [6.45, 7) is 0. The number of fused-ring (bicyclic) bond motifs is 8. The van der Waals surface area contributed by atoms with E-state index >= 15 is 0 Å². The Morgan fingerprint density at radius 3 is 2.35 bits per heavy atom. The first-order valence-electron chi connectivity index (χ1n) is 9.27. The second-order valence-corrected chi connectivity index (χ2v) is 8.71. The Morgan fingerprint density at radius 1 is 0.783 bits per heavy atom. The van der Waals surface area contributed by atoms with Gasteiger partial charge in [0.25, 0.3) is 0 Å². The number of furan rings is 1. The summed E-state index contributed by atoms with van der Waals surface area (Å²) in [7, 11) is 0. The third kappa shape index (κ3) is 1.19. The average molecular weight is 300 g/mol. The van der Waals surface area contributed by atoms with Gasteiger partial charge in [-0.2, -0.15) is 0 Å². The van der Waals surface area contributed by atoms with E-state index < -0.39 is 0 Å². The molecule has 5 atom stereocenters. The van der Waals surface area contributed by atoms with Crippen molar-refractivity contribution in [2.45, 2.75) is 43.9 Å². The van der Waals surface area contributed by atoms with Crippen LogP contribution in [0, 0.1) is 17.3 Å². The zero-order valence-electron chi connectivity index (χ0n) is 13.2. The van der Waals surface area contributed by atoms with Crippen molar-refractivity contribution in [3.63, 3.8) is 0 Å². The summed E-state index contributed by atoms with van der Waals surface area (Å²) in [5, 5.41) is 2.63.